The molecular weight excluding hydrogens is 254 g/mol. The Bertz CT molecular complexity index is 709. The number of amides is 1. The number of nitrogens with one attached hydrogen (secondary N) is 1. The molecule has 1 amide bonds. The molecule has 1 aromatic carbocycles. The summed E-state index contributed by atoms with van der Waals surface area (Å²) in [5.74, 6) is 0.196. The van der Waals surface area contributed by atoms with E-state index in [1.807, 2.05) is 18.2 Å². The Morgan fingerprint density at radius 3 is 2.85 bits per heavy atom. The molecule has 3 rings (SSSR count). The van der Waals surface area contributed by atoms with Crippen LogP contribution in [0.4, 0.5) is 5.82 Å². The van der Waals surface area contributed by atoms with Gasteiger partial charge in [-0.25, -0.2) is 4.98 Å². The van der Waals surface area contributed by atoms with Crippen molar-refractivity contribution in [2.75, 3.05) is 5.32 Å². The lowest BCUT2D eigenvalue weighted by atomic mass is 10.1. The minimum absolute atomic E-state index is 0.226. The molecule has 0 aliphatic rings. The maximum atomic E-state index is 12.1. The van der Waals surface area contributed by atoms with Gasteiger partial charge >= 0.3 is 0 Å². The highest BCUT2D eigenvalue weighted by molar-refractivity contribution is 6.04. The molecule has 0 aliphatic heterocycles. The second-order valence-electron chi connectivity index (χ2n) is 4.14. The third-order valence-electron chi connectivity index (χ3n) is 2.78. The summed E-state index contributed by atoms with van der Waals surface area (Å²) in [6.07, 6.45) is 7.81. The number of aromatic nitrogens is 2. The molecule has 0 fully saturated rings. The summed E-state index contributed by atoms with van der Waals surface area (Å²) in [5, 5.41) is 2.69. The molecule has 98 valence electrons. The van der Waals surface area contributed by atoms with Gasteiger partial charge in [0, 0.05) is 23.5 Å². The quantitative estimate of drug-likeness (QED) is 0.790. The molecule has 0 unspecified atom stereocenters. The van der Waals surface area contributed by atoms with E-state index in [2.05, 4.69) is 15.3 Å². The number of rotatable bonds is 3. The first-order valence-corrected chi connectivity index (χ1v) is 6.03. The van der Waals surface area contributed by atoms with Crippen LogP contribution in [0.1, 0.15) is 10.4 Å². The van der Waals surface area contributed by atoms with Gasteiger partial charge in [-0.05, 0) is 23.8 Å². The summed E-state index contributed by atoms with van der Waals surface area (Å²) < 4.78 is 5.05. The van der Waals surface area contributed by atoms with E-state index in [0.29, 0.717) is 11.4 Å². The third kappa shape index (κ3) is 2.56. The minimum Gasteiger partial charge on any atom is -0.472 e. The lowest BCUT2D eigenvalue weighted by Crippen LogP contribution is -2.12. The molecule has 2 aromatic heterocycles. The Morgan fingerprint density at radius 2 is 2.10 bits per heavy atom. The molecule has 0 atom stereocenters. The van der Waals surface area contributed by atoms with Crippen LogP contribution in [0.5, 0.6) is 0 Å². The Balaban J connectivity index is 1.84. The van der Waals surface area contributed by atoms with Gasteiger partial charge in [0.1, 0.15) is 0 Å². The summed E-state index contributed by atoms with van der Waals surface area (Å²) >= 11 is 0. The molecule has 5 heteroatoms. The van der Waals surface area contributed by atoms with Crippen LogP contribution in [0.25, 0.3) is 11.1 Å². The van der Waals surface area contributed by atoms with Crippen molar-refractivity contribution in [1.82, 2.24) is 9.97 Å². The molecule has 2 heterocycles. The number of hydrogen-bond donors (Lipinski definition) is 1. The Labute approximate surface area is 115 Å². The zero-order valence-corrected chi connectivity index (χ0v) is 10.5. The van der Waals surface area contributed by atoms with E-state index in [1.54, 1.807) is 30.9 Å². The Kier molecular flexibility index (Phi) is 3.24. The van der Waals surface area contributed by atoms with Gasteiger partial charge < -0.3 is 9.73 Å². The molecular formula is C15H11N3O2. The van der Waals surface area contributed by atoms with Crippen molar-refractivity contribution in [3.05, 3.63) is 67.0 Å². The fraction of sp³-hybridized carbons (Fsp3) is 0. The first-order chi connectivity index (χ1) is 9.83. The molecule has 0 spiro atoms. The third-order valence-corrected chi connectivity index (χ3v) is 2.78. The maximum Gasteiger partial charge on any atom is 0.256 e. The van der Waals surface area contributed by atoms with E-state index < -0.39 is 0 Å². The van der Waals surface area contributed by atoms with Gasteiger partial charge in [-0.1, -0.05) is 12.1 Å². The molecule has 20 heavy (non-hydrogen) atoms. The van der Waals surface area contributed by atoms with Gasteiger partial charge in [0.15, 0.2) is 5.82 Å². The Morgan fingerprint density at radius 1 is 1.15 bits per heavy atom. The zero-order valence-electron chi connectivity index (χ0n) is 10.5. The second-order valence-corrected chi connectivity index (χ2v) is 4.14. The molecule has 3 aromatic rings. The average Bonchev–Trinajstić information content (AvgIpc) is 3.03. The predicted octanol–water partition coefficient (Wildman–Crippen LogP) is 2.99. The standard InChI is InChI=1S/C15H11N3O2/c19-15(18-14-9-16-5-6-17-14)12-3-1-2-11(8-12)13-4-7-20-10-13/h1-10H,(H,17,18,19). The van der Waals surface area contributed by atoms with Crippen molar-refractivity contribution < 1.29 is 9.21 Å². The monoisotopic (exact) mass is 265 g/mol. The number of carbonyl (C=O) groups excluding carboxylic acids is 1. The summed E-state index contributed by atoms with van der Waals surface area (Å²) in [4.78, 5) is 20.0. The second kappa shape index (κ2) is 5.36. The van der Waals surface area contributed by atoms with E-state index in [1.165, 1.54) is 12.4 Å². The maximum absolute atomic E-state index is 12.1. The van der Waals surface area contributed by atoms with Gasteiger partial charge in [0.2, 0.25) is 0 Å². The smallest absolute Gasteiger partial charge is 0.256 e. The van der Waals surface area contributed by atoms with Gasteiger partial charge in [0.25, 0.3) is 5.91 Å². The van der Waals surface area contributed by atoms with Crippen LogP contribution in [0.2, 0.25) is 0 Å². The predicted molar refractivity (Wildman–Crippen MR) is 74.1 cm³/mol. The molecule has 0 saturated carbocycles. The Hall–Kier alpha value is -2.95. The summed E-state index contributed by atoms with van der Waals surface area (Å²) in [6, 6.07) is 9.14. The van der Waals surface area contributed by atoms with Crippen LogP contribution in [-0.4, -0.2) is 15.9 Å². The highest BCUT2D eigenvalue weighted by Crippen LogP contribution is 2.21. The molecule has 0 bridgehead atoms. The van der Waals surface area contributed by atoms with Crippen molar-refractivity contribution in [3.63, 3.8) is 0 Å². The van der Waals surface area contributed by atoms with Crippen LogP contribution >= 0.6 is 0 Å². The summed E-state index contributed by atoms with van der Waals surface area (Å²) in [6.45, 7) is 0. The summed E-state index contributed by atoms with van der Waals surface area (Å²) in [5.41, 5.74) is 2.40. The first kappa shape index (κ1) is 12.1. The molecule has 0 saturated heterocycles. The SMILES string of the molecule is O=C(Nc1cnccn1)c1cccc(-c2ccoc2)c1. The van der Waals surface area contributed by atoms with Gasteiger partial charge in [-0.2, -0.15) is 0 Å². The fourth-order valence-corrected chi connectivity index (χ4v) is 1.82. The van der Waals surface area contributed by atoms with Gasteiger partial charge in [-0.3, -0.25) is 9.78 Å². The van der Waals surface area contributed by atoms with E-state index in [9.17, 15) is 4.79 Å². The van der Waals surface area contributed by atoms with Crippen LogP contribution in [0, 0.1) is 0 Å². The van der Waals surface area contributed by atoms with Crippen molar-refractivity contribution >= 4 is 11.7 Å². The first-order valence-electron chi connectivity index (χ1n) is 6.03. The van der Waals surface area contributed by atoms with E-state index in [-0.39, 0.29) is 5.91 Å². The molecule has 0 aliphatic carbocycles. The largest absolute Gasteiger partial charge is 0.472 e. The molecule has 0 radical (unpaired) electrons. The lowest BCUT2D eigenvalue weighted by Gasteiger charge is -2.05. The van der Waals surface area contributed by atoms with Gasteiger partial charge in [-0.15, -0.1) is 0 Å². The topological polar surface area (TPSA) is 68.0 Å². The highest BCUT2D eigenvalue weighted by Gasteiger charge is 2.08. The van der Waals surface area contributed by atoms with Crippen LogP contribution in [0.15, 0.2) is 65.9 Å². The van der Waals surface area contributed by atoms with Crippen LogP contribution in [0.3, 0.4) is 0 Å². The van der Waals surface area contributed by atoms with Crippen molar-refractivity contribution in [3.8, 4) is 11.1 Å². The van der Waals surface area contributed by atoms with Crippen LogP contribution < -0.4 is 5.32 Å². The van der Waals surface area contributed by atoms with E-state index in [0.717, 1.165) is 11.1 Å². The lowest BCUT2D eigenvalue weighted by molar-refractivity contribution is 0.102. The number of hydrogen-bond acceptors (Lipinski definition) is 4. The van der Waals surface area contributed by atoms with Crippen LogP contribution in [-0.2, 0) is 0 Å². The minimum atomic E-state index is -0.226. The van der Waals surface area contributed by atoms with Crippen molar-refractivity contribution in [2.45, 2.75) is 0 Å². The number of nitrogens with zero attached hydrogens (tertiary/aromatic N) is 2. The number of carbonyl (C=O) groups is 1. The highest BCUT2D eigenvalue weighted by atomic mass is 16.3. The molecule has 1 N–H and O–H groups in total. The van der Waals surface area contributed by atoms with Crippen molar-refractivity contribution in [2.24, 2.45) is 0 Å². The fourth-order valence-electron chi connectivity index (χ4n) is 1.82. The van der Waals surface area contributed by atoms with Gasteiger partial charge in [0.05, 0.1) is 18.7 Å². The number of furan rings is 1. The molecule has 5 nitrogen and oxygen atoms in total. The normalized spacial score (nSPS) is 10.2. The van der Waals surface area contributed by atoms with E-state index >= 15 is 0 Å². The number of anilines is 1. The number of benzene rings is 1. The zero-order chi connectivity index (χ0) is 13.8. The summed E-state index contributed by atoms with van der Waals surface area (Å²) in [7, 11) is 0. The van der Waals surface area contributed by atoms with Crippen molar-refractivity contribution in [1.29, 1.82) is 0 Å². The average molecular weight is 265 g/mol. The van der Waals surface area contributed by atoms with E-state index in [4.69, 9.17) is 4.42 Å².